The maximum absolute atomic E-state index is 10.2. The minimum absolute atomic E-state index is 0.427. The van der Waals surface area contributed by atoms with E-state index in [-0.39, 0.29) is 0 Å². The van der Waals surface area contributed by atoms with E-state index in [9.17, 15) is 10.4 Å². The van der Waals surface area contributed by atoms with E-state index < -0.39 is 6.10 Å². The van der Waals surface area contributed by atoms with Crippen LogP contribution in [0.3, 0.4) is 0 Å². The summed E-state index contributed by atoms with van der Waals surface area (Å²) in [6.45, 7) is 7.47. The van der Waals surface area contributed by atoms with Crippen molar-refractivity contribution >= 4 is 5.57 Å². The second-order valence-electron chi connectivity index (χ2n) is 6.39. The van der Waals surface area contributed by atoms with E-state index in [1.54, 1.807) is 17.7 Å². The minimum Gasteiger partial charge on any atom is -0.389 e. The van der Waals surface area contributed by atoms with Gasteiger partial charge in [0.2, 0.25) is 0 Å². The van der Waals surface area contributed by atoms with Gasteiger partial charge in [-0.25, -0.2) is 9.67 Å². The fraction of sp³-hybridized carbons (Fsp3) is 0.286. The molecule has 0 aromatic carbocycles. The Morgan fingerprint density at radius 1 is 1.46 bits per heavy atom. The number of allylic oxidation sites excluding steroid dienone is 5. The Labute approximate surface area is 153 Å². The molecule has 0 spiro atoms. The lowest BCUT2D eigenvalue weighted by Crippen LogP contribution is -2.10. The highest BCUT2D eigenvalue weighted by Gasteiger charge is 2.28. The van der Waals surface area contributed by atoms with Crippen molar-refractivity contribution in [1.29, 1.82) is 5.26 Å². The molecule has 2 aromatic rings. The molecule has 3 rings (SSSR count). The van der Waals surface area contributed by atoms with E-state index in [0.717, 1.165) is 24.1 Å². The maximum atomic E-state index is 10.2. The fourth-order valence-electron chi connectivity index (χ4n) is 2.79. The van der Waals surface area contributed by atoms with Crippen LogP contribution >= 0.6 is 0 Å². The van der Waals surface area contributed by atoms with Gasteiger partial charge in [-0.05, 0) is 44.4 Å². The normalized spacial score (nSPS) is 15.8. The smallest absolute Gasteiger partial charge is 0.161 e. The number of hydrogen-bond acceptors (Lipinski definition) is 4. The third kappa shape index (κ3) is 3.51. The zero-order valence-corrected chi connectivity index (χ0v) is 15.1. The fourth-order valence-corrected chi connectivity index (χ4v) is 2.79. The minimum atomic E-state index is -0.724. The standard InChI is InChI=1S/C21H22N4O/c1-4-6-7-15(5-2)19-11-10-18(14(3)26)21(23-19)25-17(13-22)12-20(24-25)16-8-9-16/h4-7,10-12,14,16,26H,2,8-9H2,1,3H3/b6-4-,15-7-. The number of pyridine rings is 1. The SMILES string of the molecule is C=C/C(=C/C=C\C)c1ccc(C(C)O)c(-n2nc(C3CC3)cc2C#N)n1. The van der Waals surface area contributed by atoms with Crippen LogP contribution in [0.2, 0.25) is 0 Å². The third-order valence-corrected chi connectivity index (χ3v) is 4.38. The van der Waals surface area contributed by atoms with Gasteiger partial charge in [0.15, 0.2) is 5.82 Å². The first-order valence-electron chi connectivity index (χ1n) is 8.74. The molecule has 2 heterocycles. The topological polar surface area (TPSA) is 74.7 Å². The van der Waals surface area contributed by atoms with Crippen molar-refractivity contribution in [2.24, 2.45) is 0 Å². The van der Waals surface area contributed by atoms with Crippen molar-refractivity contribution in [3.63, 3.8) is 0 Å². The Kier molecular flexibility index (Phi) is 5.15. The van der Waals surface area contributed by atoms with E-state index in [2.05, 4.69) is 17.7 Å². The van der Waals surface area contributed by atoms with Crippen LogP contribution in [0.15, 0.2) is 49.1 Å². The van der Waals surface area contributed by atoms with Crippen LogP contribution in [-0.2, 0) is 0 Å². The summed E-state index contributed by atoms with van der Waals surface area (Å²) in [4.78, 5) is 4.71. The molecular formula is C21H22N4O. The zero-order valence-electron chi connectivity index (χ0n) is 15.1. The molecular weight excluding hydrogens is 324 g/mol. The molecule has 1 aliphatic rings. The van der Waals surface area contributed by atoms with Crippen LogP contribution in [0.5, 0.6) is 0 Å². The number of nitrogens with zero attached hydrogens (tertiary/aromatic N) is 4. The van der Waals surface area contributed by atoms with Crippen LogP contribution < -0.4 is 0 Å². The molecule has 5 nitrogen and oxygen atoms in total. The summed E-state index contributed by atoms with van der Waals surface area (Å²) in [5, 5.41) is 24.3. The summed E-state index contributed by atoms with van der Waals surface area (Å²) < 4.78 is 1.55. The van der Waals surface area contributed by atoms with Crippen LogP contribution in [0.25, 0.3) is 11.4 Å². The molecule has 1 unspecified atom stereocenters. The molecule has 0 radical (unpaired) electrons. The molecule has 1 N–H and O–H groups in total. The lowest BCUT2D eigenvalue weighted by atomic mass is 10.1. The van der Waals surface area contributed by atoms with Crippen LogP contribution in [0.4, 0.5) is 0 Å². The van der Waals surface area contributed by atoms with Crippen LogP contribution in [0.1, 0.15) is 61.4 Å². The quantitative estimate of drug-likeness (QED) is 0.795. The molecule has 0 aliphatic heterocycles. The lowest BCUT2D eigenvalue weighted by molar-refractivity contribution is 0.198. The van der Waals surface area contributed by atoms with Crippen LogP contribution in [0, 0.1) is 11.3 Å². The van der Waals surface area contributed by atoms with Gasteiger partial charge < -0.3 is 5.11 Å². The van der Waals surface area contributed by atoms with Crippen molar-refractivity contribution in [3.8, 4) is 11.9 Å². The lowest BCUT2D eigenvalue weighted by Gasteiger charge is -2.14. The molecule has 1 saturated carbocycles. The Bertz CT molecular complexity index is 924. The molecule has 0 saturated heterocycles. The second kappa shape index (κ2) is 7.51. The predicted octanol–water partition coefficient (Wildman–Crippen LogP) is 4.22. The van der Waals surface area contributed by atoms with Crippen molar-refractivity contribution in [2.45, 2.75) is 38.7 Å². The number of nitriles is 1. The first-order chi connectivity index (χ1) is 12.6. The average Bonchev–Trinajstić information content (AvgIpc) is 3.41. The van der Waals surface area contributed by atoms with Gasteiger partial charge in [-0.3, -0.25) is 0 Å². The van der Waals surface area contributed by atoms with Crippen molar-refractivity contribution in [2.75, 3.05) is 0 Å². The van der Waals surface area contributed by atoms with Gasteiger partial charge in [-0.1, -0.05) is 36.9 Å². The van der Waals surface area contributed by atoms with Gasteiger partial charge in [0.05, 0.1) is 17.5 Å². The Balaban J connectivity index is 2.17. The molecule has 1 fully saturated rings. The van der Waals surface area contributed by atoms with Crippen LogP contribution in [-0.4, -0.2) is 19.9 Å². The second-order valence-corrected chi connectivity index (χ2v) is 6.39. The largest absolute Gasteiger partial charge is 0.389 e. The zero-order chi connectivity index (χ0) is 18.7. The molecule has 0 amide bonds. The Morgan fingerprint density at radius 3 is 2.81 bits per heavy atom. The molecule has 2 aromatic heterocycles. The molecule has 1 atom stereocenters. The summed E-state index contributed by atoms with van der Waals surface area (Å²) in [6, 6.07) is 7.69. The summed E-state index contributed by atoms with van der Waals surface area (Å²) in [7, 11) is 0. The van der Waals surface area contributed by atoms with Gasteiger partial charge in [0, 0.05) is 11.5 Å². The summed E-state index contributed by atoms with van der Waals surface area (Å²) in [5.41, 5.74) is 3.54. The van der Waals surface area contributed by atoms with Gasteiger partial charge in [-0.2, -0.15) is 10.4 Å². The first-order valence-corrected chi connectivity index (χ1v) is 8.74. The molecule has 26 heavy (non-hydrogen) atoms. The van der Waals surface area contributed by atoms with E-state index in [0.29, 0.717) is 28.7 Å². The Hall–Kier alpha value is -2.97. The number of rotatable bonds is 6. The van der Waals surface area contributed by atoms with Crippen molar-refractivity contribution < 1.29 is 5.11 Å². The predicted molar refractivity (Wildman–Crippen MR) is 102 cm³/mol. The molecule has 0 bridgehead atoms. The Morgan fingerprint density at radius 2 is 2.23 bits per heavy atom. The van der Waals surface area contributed by atoms with Gasteiger partial charge in [0.1, 0.15) is 11.8 Å². The van der Waals surface area contributed by atoms with E-state index >= 15 is 0 Å². The number of aliphatic hydroxyl groups excluding tert-OH is 1. The van der Waals surface area contributed by atoms with E-state index in [4.69, 9.17) is 4.98 Å². The summed E-state index contributed by atoms with van der Waals surface area (Å²) in [5.74, 6) is 0.911. The summed E-state index contributed by atoms with van der Waals surface area (Å²) in [6.07, 6.45) is 8.98. The highest BCUT2D eigenvalue weighted by molar-refractivity contribution is 5.73. The molecule has 5 heteroatoms. The van der Waals surface area contributed by atoms with Gasteiger partial charge >= 0.3 is 0 Å². The first kappa shape index (κ1) is 17.8. The monoisotopic (exact) mass is 346 g/mol. The number of aromatic nitrogens is 3. The van der Waals surface area contributed by atoms with Crippen molar-refractivity contribution in [1.82, 2.24) is 14.8 Å². The highest BCUT2D eigenvalue weighted by atomic mass is 16.3. The van der Waals surface area contributed by atoms with Gasteiger partial charge in [0.25, 0.3) is 0 Å². The molecule has 132 valence electrons. The number of aliphatic hydroxyl groups is 1. The van der Waals surface area contributed by atoms with Crippen molar-refractivity contribution in [3.05, 3.63) is 71.7 Å². The average molecular weight is 346 g/mol. The number of hydrogen-bond donors (Lipinski definition) is 1. The van der Waals surface area contributed by atoms with Gasteiger partial charge in [-0.15, -0.1) is 0 Å². The van der Waals surface area contributed by atoms with E-state index in [1.165, 1.54) is 0 Å². The molecule has 1 aliphatic carbocycles. The van der Waals surface area contributed by atoms with E-state index in [1.807, 2.05) is 43.4 Å². The summed E-state index contributed by atoms with van der Waals surface area (Å²) >= 11 is 0. The third-order valence-electron chi connectivity index (χ3n) is 4.38. The highest BCUT2D eigenvalue weighted by Crippen LogP contribution is 2.40. The maximum Gasteiger partial charge on any atom is 0.161 e.